The van der Waals surface area contributed by atoms with Crippen LogP contribution in [0.4, 0.5) is 0 Å². The van der Waals surface area contributed by atoms with E-state index in [1.165, 1.54) is 0 Å². The van der Waals surface area contributed by atoms with Crippen molar-refractivity contribution in [1.29, 1.82) is 0 Å². The standard InChI is InChI=1S/C6H3ClN2OS/c7-6-8-5(10-9-6)4-1-2-11-3-4/h1-3H. The van der Waals surface area contributed by atoms with Gasteiger partial charge in [-0.1, -0.05) is 0 Å². The third-order valence-electron chi connectivity index (χ3n) is 1.17. The lowest BCUT2D eigenvalue weighted by Gasteiger charge is -1.80. The summed E-state index contributed by atoms with van der Waals surface area (Å²) in [6.07, 6.45) is 0. The highest BCUT2D eigenvalue weighted by Crippen LogP contribution is 2.20. The van der Waals surface area contributed by atoms with Crippen molar-refractivity contribution in [3.05, 3.63) is 22.1 Å². The van der Waals surface area contributed by atoms with Crippen LogP contribution in [0.1, 0.15) is 0 Å². The molecule has 0 amide bonds. The maximum absolute atomic E-state index is 5.46. The first-order chi connectivity index (χ1) is 5.36. The number of rotatable bonds is 1. The van der Waals surface area contributed by atoms with Crippen LogP contribution in [0.2, 0.25) is 5.28 Å². The number of hydrogen-bond donors (Lipinski definition) is 0. The second-order valence-electron chi connectivity index (χ2n) is 1.88. The second kappa shape index (κ2) is 2.64. The molecule has 2 aromatic heterocycles. The molecule has 11 heavy (non-hydrogen) atoms. The Labute approximate surface area is 71.6 Å². The van der Waals surface area contributed by atoms with Crippen LogP contribution < -0.4 is 0 Å². The molecular formula is C6H3ClN2OS. The summed E-state index contributed by atoms with van der Waals surface area (Å²) < 4.78 is 4.82. The van der Waals surface area contributed by atoms with E-state index in [2.05, 4.69) is 10.1 Å². The van der Waals surface area contributed by atoms with E-state index in [0.717, 1.165) is 5.56 Å². The summed E-state index contributed by atoms with van der Waals surface area (Å²) in [5, 5.41) is 7.46. The summed E-state index contributed by atoms with van der Waals surface area (Å²) >= 11 is 7.04. The molecule has 0 unspecified atom stereocenters. The van der Waals surface area contributed by atoms with E-state index < -0.39 is 0 Å². The molecule has 0 spiro atoms. The molecule has 2 rings (SSSR count). The van der Waals surface area contributed by atoms with Gasteiger partial charge in [-0.05, 0) is 28.2 Å². The summed E-state index contributed by atoms with van der Waals surface area (Å²) in [5.41, 5.74) is 0.911. The Morgan fingerprint density at radius 2 is 2.45 bits per heavy atom. The molecule has 0 N–H and O–H groups in total. The van der Waals surface area contributed by atoms with Gasteiger partial charge in [-0.3, -0.25) is 0 Å². The monoisotopic (exact) mass is 186 g/mol. The van der Waals surface area contributed by atoms with E-state index in [9.17, 15) is 0 Å². The zero-order valence-corrected chi connectivity index (χ0v) is 6.89. The number of thiophene rings is 1. The Hall–Kier alpha value is -0.870. The SMILES string of the molecule is Clc1noc(-c2ccsc2)n1. The minimum atomic E-state index is 0.145. The summed E-state index contributed by atoms with van der Waals surface area (Å²) in [7, 11) is 0. The van der Waals surface area contributed by atoms with Gasteiger partial charge in [-0.2, -0.15) is 16.3 Å². The van der Waals surface area contributed by atoms with Gasteiger partial charge in [0.05, 0.1) is 5.56 Å². The van der Waals surface area contributed by atoms with Crippen molar-refractivity contribution >= 4 is 22.9 Å². The van der Waals surface area contributed by atoms with E-state index in [0.29, 0.717) is 5.89 Å². The molecule has 56 valence electrons. The normalized spacial score (nSPS) is 10.3. The third-order valence-corrected chi connectivity index (χ3v) is 2.01. The molecule has 2 heterocycles. The minimum Gasteiger partial charge on any atom is -0.333 e. The Bertz CT molecular complexity index is 343. The fourth-order valence-corrected chi connectivity index (χ4v) is 1.45. The first-order valence-corrected chi connectivity index (χ1v) is 4.20. The predicted octanol–water partition coefficient (Wildman–Crippen LogP) is 2.45. The van der Waals surface area contributed by atoms with E-state index in [1.54, 1.807) is 11.3 Å². The smallest absolute Gasteiger partial charge is 0.264 e. The van der Waals surface area contributed by atoms with Gasteiger partial charge in [-0.15, -0.1) is 0 Å². The van der Waals surface area contributed by atoms with Gasteiger partial charge < -0.3 is 4.52 Å². The Morgan fingerprint density at radius 3 is 3.00 bits per heavy atom. The Morgan fingerprint density at radius 1 is 1.55 bits per heavy atom. The third kappa shape index (κ3) is 1.27. The molecule has 3 nitrogen and oxygen atoms in total. The molecule has 2 aromatic rings. The molecule has 0 saturated heterocycles. The van der Waals surface area contributed by atoms with Crippen LogP contribution >= 0.6 is 22.9 Å². The Kier molecular flexibility index (Phi) is 1.63. The van der Waals surface area contributed by atoms with Crippen LogP contribution in [0.3, 0.4) is 0 Å². The van der Waals surface area contributed by atoms with Crippen LogP contribution in [0, 0.1) is 0 Å². The summed E-state index contributed by atoms with van der Waals surface area (Å²) in [4.78, 5) is 3.85. The Balaban J connectivity index is 2.45. The summed E-state index contributed by atoms with van der Waals surface area (Å²) in [6.45, 7) is 0. The molecule has 0 fully saturated rings. The van der Waals surface area contributed by atoms with E-state index in [-0.39, 0.29) is 5.28 Å². The lowest BCUT2D eigenvalue weighted by molar-refractivity contribution is 0.430. The van der Waals surface area contributed by atoms with E-state index >= 15 is 0 Å². The molecule has 0 aliphatic carbocycles. The van der Waals surface area contributed by atoms with Crippen molar-refractivity contribution in [2.24, 2.45) is 0 Å². The average Bonchev–Trinajstić information content (AvgIpc) is 2.55. The largest absolute Gasteiger partial charge is 0.333 e. The first kappa shape index (κ1) is 6.82. The van der Waals surface area contributed by atoms with Gasteiger partial charge in [-0.25, -0.2) is 0 Å². The molecule has 0 atom stereocenters. The molecule has 5 heteroatoms. The van der Waals surface area contributed by atoms with Gasteiger partial charge >= 0.3 is 0 Å². The maximum atomic E-state index is 5.46. The molecule has 0 radical (unpaired) electrons. The van der Waals surface area contributed by atoms with Crippen LogP contribution in [0.5, 0.6) is 0 Å². The van der Waals surface area contributed by atoms with Crippen molar-refractivity contribution < 1.29 is 4.52 Å². The van der Waals surface area contributed by atoms with Crippen LogP contribution in [-0.2, 0) is 0 Å². The van der Waals surface area contributed by atoms with Crippen molar-refractivity contribution in [1.82, 2.24) is 10.1 Å². The fourth-order valence-electron chi connectivity index (χ4n) is 0.709. The lowest BCUT2D eigenvalue weighted by atomic mass is 10.3. The maximum Gasteiger partial charge on any atom is 0.264 e. The molecule has 0 saturated carbocycles. The molecule has 0 aliphatic rings. The molecule has 0 aliphatic heterocycles. The van der Waals surface area contributed by atoms with Crippen molar-refractivity contribution in [2.75, 3.05) is 0 Å². The van der Waals surface area contributed by atoms with Gasteiger partial charge in [0.15, 0.2) is 0 Å². The number of aromatic nitrogens is 2. The molecular weight excluding hydrogens is 184 g/mol. The average molecular weight is 187 g/mol. The quantitative estimate of drug-likeness (QED) is 0.687. The lowest BCUT2D eigenvalue weighted by Crippen LogP contribution is -1.69. The van der Waals surface area contributed by atoms with Crippen molar-refractivity contribution in [3.8, 4) is 11.5 Å². The highest BCUT2D eigenvalue weighted by atomic mass is 35.5. The van der Waals surface area contributed by atoms with E-state index in [4.69, 9.17) is 16.1 Å². The predicted molar refractivity (Wildman–Crippen MR) is 42.6 cm³/mol. The van der Waals surface area contributed by atoms with Crippen molar-refractivity contribution in [2.45, 2.75) is 0 Å². The first-order valence-electron chi connectivity index (χ1n) is 2.88. The molecule has 0 aromatic carbocycles. The number of hydrogen-bond acceptors (Lipinski definition) is 4. The topological polar surface area (TPSA) is 38.9 Å². The summed E-state index contributed by atoms with van der Waals surface area (Å²) in [6, 6.07) is 1.90. The minimum absolute atomic E-state index is 0.145. The van der Waals surface area contributed by atoms with Crippen LogP contribution in [0.25, 0.3) is 11.5 Å². The van der Waals surface area contributed by atoms with Gasteiger partial charge in [0, 0.05) is 5.38 Å². The zero-order chi connectivity index (χ0) is 7.68. The number of nitrogens with zero attached hydrogens (tertiary/aromatic N) is 2. The summed E-state index contributed by atoms with van der Waals surface area (Å²) in [5.74, 6) is 0.469. The van der Waals surface area contributed by atoms with Gasteiger partial charge in [0.2, 0.25) is 0 Å². The van der Waals surface area contributed by atoms with Crippen molar-refractivity contribution in [3.63, 3.8) is 0 Å². The van der Waals surface area contributed by atoms with Crippen LogP contribution in [0.15, 0.2) is 21.3 Å². The van der Waals surface area contributed by atoms with Gasteiger partial charge in [0.25, 0.3) is 11.2 Å². The number of halogens is 1. The highest BCUT2D eigenvalue weighted by Gasteiger charge is 2.05. The van der Waals surface area contributed by atoms with Crippen LogP contribution in [-0.4, -0.2) is 10.1 Å². The van der Waals surface area contributed by atoms with Gasteiger partial charge in [0.1, 0.15) is 0 Å². The fraction of sp³-hybridized carbons (Fsp3) is 0. The zero-order valence-electron chi connectivity index (χ0n) is 5.32. The second-order valence-corrected chi connectivity index (χ2v) is 3.00. The highest BCUT2D eigenvalue weighted by molar-refractivity contribution is 7.08. The van der Waals surface area contributed by atoms with E-state index in [1.807, 2.05) is 16.8 Å². The molecule has 0 bridgehead atoms.